The van der Waals surface area contributed by atoms with Crippen LogP contribution in [0.25, 0.3) is 0 Å². The molecule has 0 saturated carbocycles. The molecule has 1 heterocycles. The van der Waals surface area contributed by atoms with Gasteiger partial charge < -0.3 is 15.5 Å². The zero-order valence-electron chi connectivity index (χ0n) is 15.2. The molecule has 2 N–H and O–H groups in total. The summed E-state index contributed by atoms with van der Waals surface area (Å²) >= 11 is 0. The van der Waals surface area contributed by atoms with Crippen LogP contribution in [0.5, 0.6) is 0 Å². The summed E-state index contributed by atoms with van der Waals surface area (Å²) in [5.74, 6) is 0.00735. The number of hydrogen-bond donors (Lipinski definition) is 2. The first kappa shape index (κ1) is 18.3. The third-order valence-electron chi connectivity index (χ3n) is 4.73. The van der Waals surface area contributed by atoms with E-state index in [1.807, 2.05) is 6.92 Å². The number of benzene rings is 1. The van der Waals surface area contributed by atoms with Gasteiger partial charge in [0, 0.05) is 31.2 Å². The number of hydrogen-bond acceptors (Lipinski definition) is 2. The minimum absolute atomic E-state index is 0.00735. The van der Waals surface area contributed by atoms with E-state index < -0.39 is 0 Å². The molecule has 1 fully saturated rings. The van der Waals surface area contributed by atoms with Crippen molar-refractivity contribution < 1.29 is 9.59 Å². The van der Waals surface area contributed by atoms with Gasteiger partial charge in [-0.15, -0.1) is 0 Å². The van der Waals surface area contributed by atoms with Gasteiger partial charge in [0.15, 0.2) is 0 Å². The number of nitrogens with one attached hydrogen (secondary N) is 2. The molecule has 0 bridgehead atoms. The maximum absolute atomic E-state index is 12.8. The lowest BCUT2D eigenvalue weighted by molar-refractivity contribution is -0.120. The largest absolute Gasteiger partial charge is 0.354 e. The lowest BCUT2D eigenvalue weighted by Gasteiger charge is -2.28. The van der Waals surface area contributed by atoms with Crippen LogP contribution in [-0.2, 0) is 24.1 Å². The number of urea groups is 1. The maximum atomic E-state index is 12.8. The molecule has 0 radical (unpaired) electrons. The molecule has 0 aromatic heterocycles. The van der Waals surface area contributed by atoms with Crippen molar-refractivity contribution in [3.8, 4) is 0 Å². The summed E-state index contributed by atoms with van der Waals surface area (Å²) < 4.78 is 0. The molecule has 1 atom stereocenters. The smallest absolute Gasteiger partial charge is 0.322 e. The van der Waals surface area contributed by atoms with Crippen LogP contribution in [0.2, 0.25) is 0 Å². The Morgan fingerprint density at radius 2 is 1.83 bits per heavy atom. The van der Waals surface area contributed by atoms with Crippen molar-refractivity contribution in [3.63, 3.8) is 0 Å². The van der Waals surface area contributed by atoms with Crippen molar-refractivity contribution >= 4 is 17.6 Å². The summed E-state index contributed by atoms with van der Waals surface area (Å²) in [6, 6.07) is 4.24. The molecule has 5 nitrogen and oxygen atoms in total. The Morgan fingerprint density at radius 3 is 2.38 bits per heavy atom. The molecule has 1 saturated heterocycles. The highest BCUT2D eigenvalue weighted by Gasteiger charge is 2.25. The van der Waals surface area contributed by atoms with Crippen LogP contribution in [0.1, 0.15) is 50.8 Å². The number of nitrogens with zero attached hydrogens (tertiary/aromatic N) is 1. The second kappa shape index (κ2) is 8.18. The van der Waals surface area contributed by atoms with E-state index in [1.165, 1.54) is 16.7 Å². The Bertz CT molecular complexity index is 588. The molecule has 3 amide bonds. The first-order valence-corrected chi connectivity index (χ1v) is 8.99. The van der Waals surface area contributed by atoms with Crippen LogP contribution in [0.15, 0.2) is 12.1 Å². The van der Waals surface area contributed by atoms with Gasteiger partial charge in [-0.05, 0) is 42.9 Å². The van der Waals surface area contributed by atoms with Gasteiger partial charge in [0.1, 0.15) is 0 Å². The fourth-order valence-electron chi connectivity index (χ4n) is 3.15. The van der Waals surface area contributed by atoms with Gasteiger partial charge in [0.25, 0.3) is 0 Å². The van der Waals surface area contributed by atoms with E-state index >= 15 is 0 Å². The van der Waals surface area contributed by atoms with Gasteiger partial charge in [0.2, 0.25) is 5.91 Å². The molecule has 0 aliphatic carbocycles. The first-order chi connectivity index (χ1) is 11.5. The van der Waals surface area contributed by atoms with E-state index in [9.17, 15) is 9.59 Å². The molecule has 1 aliphatic heterocycles. The topological polar surface area (TPSA) is 61.4 Å². The second-order valence-electron chi connectivity index (χ2n) is 6.38. The molecule has 1 aromatic rings. The summed E-state index contributed by atoms with van der Waals surface area (Å²) in [5, 5.41) is 5.97. The van der Waals surface area contributed by atoms with Crippen molar-refractivity contribution in [2.45, 2.75) is 59.4 Å². The Morgan fingerprint density at radius 1 is 1.21 bits per heavy atom. The van der Waals surface area contributed by atoms with E-state index in [0.29, 0.717) is 19.5 Å². The SMILES string of the molecule is CCc1cc(CC)c(NC(=O)N2CCC(=O)NCC2C)c(CC)c1. The normalized spacial score (nSPS) is 18.1. The zero-order valence-corrected chi connectivity index (χ0v) is 15.2. The van der Waals surface area contributed by atoms with Crippen LogP contribution in [-0.4, -0.2) is 36.0 Å². The molecular weight excluding hydrogens is 302 g/mol. The summed E-state index contributed by atoms with van der Waals surface area (Å²) in [7, 11) is 0. The minimum atomic E-state index is -0.118. The van der Waals surface area contributed by atoms with E-state index in [4.69, 9.17) is 0 Å². The molecule has 2 rings (SSSR count). The monoisotopic (exact) mass is 331 g/mol. The fourth-order valence-corrected chi connectivity index (χ4v) is 3.15. The molecule has 0 spiro atoms. The van der Waals surface area contributed by atoms with Gasteiger partial charge in [0.05, 0.1) is 0 Å². The fraction of sp³-hybridized carbons (Fsp3) is 0.579. The predicted octanol–water partition coefficient (Wildman–Crippen LogP) is 3.12. The Balaban J connectivity index is 2.25. The lowest BCUT2D eigenvalue weighted by atomic mass is 9.98. The molecule has 1 aliphatic rings. The molecule has 5 heteroatoms. The van der Waals surface area contributed by atoms with Crippen molar-refractivity contribution in [2.24, 2.45) is 0 Å². The molecule has 132 valence electrons. The summed E-state index contributed by atoms with van der Waals surface area (Å²) in [4.78, 5) is 26.1. The number of amides is 3. The maximum Gasteiger partial charge on any atom is 0.322 e. The number of rotatable bonds is 4. The summed E-state index contributed by atoms with van der Waals surface area (Å²) in [5.41, 5.74) is 4.60. The van der Waals surface area contributed by atoms with Crippen molar-refractivity contribution in [3.05, 3.63) is 28.8 Å². The third kappa shape index (κ3) is 4.08. The van der Waals surface area contributed by atoms with Gasteiger partial charge >= 0.3 is 6.03 Å². The van der Waals surface area contributed by atoms with Gasteiger partial charge in [-0.2, -0.15) is 0 Å². The molecule has 1 unspecified atom stereocenters. The Hall–Kier alpha value is -2.04. The van der Waals surface area contributed by atoms with Crippen LogP contribution < -0.4 is 10.6 Å². The average molecular weight is 331 g/mol. The van der Waals surface area contributed by atoms with Crippen LogP contribution in [0.4, 0.5) is 10.5 Å². The Kier molecular flexibility index (Phi) is 6.23. The van der Waals surface area contributed by atoms with Gasteiger partial charge in [-0.3, -0.25) is 4.79 Å². The predicted molar refractivity (Wildman–Crippen MR) is 97.4 cm³/mol. The molecule has 1 aromatic carbocycles. The number of carbonyl (C=O) groups excluding carboxylic acids is 2. The summed E-state index contributed by atoms with van der Waals surface area (Å²) in [6.07, 6.45) is 3.11. The molecular formula is C19H29N3O2. The van der Waals surface area contributed by atoms with Crippen LogP contribution in [0.3, 0.4) is 0 Å². The van der Waals surface area contributed by atoms with Crippen molar-refractivity contribution in [1.82, 2.24) is 10.2 Å². The van der Waals surface area contributed by atoms with Crippen LogP contribution in [0, 0.1) is 0 Å². The first-order valence-electron chi connectivity index (χ1n) is 8.99. The molecule has 24 heavy (non-hydrogen) atoms. The quantitative estimate of drug-likeness (QED) is 0.890. The number of anilines is 1. The standard InChI is InChI=1S/C19H29N3O2/c1-5-14-10-15(6-2)18(16(7-3)11-14)21-19(24)22-9-8-17(23)20-12-13(22)4/h10-11,13H,5-9,12H2,1-4H3,(H,20,23)(H,21,24). The number of carbonyl (C=O) groups is 2. The highest BCUT2D eigenvalue weighted by atomic mass is 16.2. The van der Waals surface area contributed by atoms with Crippen molar-refractivity contribution in [1.29, 1.82) is 0 Å². The number of aryl methyl sites for hydroxylation is 3. The average Bonchev–Trinajstić information content (AvgIpc) is 2.76. The summed E-state index contributed by atoms with van der Waals surface area (Å²) in [6.45, 7) is 9.29. The lowest BCUT2D eigenvalue weighted by Crippen LogP contribution is -2.44. The van der Waals surface area contributed by atoms with E-state index in [-0.39, 0.29) is 18.0 Å². The highest BCUT2D eigenvalue weighted by molar-refractivity contribution is 5.92. The second-order valence-corrected chi connectivity index (χ2v) is 6.38. The minimum Gasteiger partial charge on any atom is -0.354 e. The Labute approximate surface area is 144 Å². The van der Waals surface area contributed by atoms with E-state index in [0.717, 1.165) is 24.9 Å². The van der Waals surface area contributed by atoms with Gasteiger partial charge in [-0.25, -0.2) is 4.79 Å². The van der Waals surface area contributed by atoms with E-state index in [2.05, 4.69) is 43.5 Å². The van der Waals surface area contributed by atoms with Crippen molar-refractivity contribution in [2.75, 3.05) is 18.4 Å². The third-order valence-corrected chi connectivity index (χ3v) is 4.73. The zero-order chi connectivity index (χ0) is 17.7. The highest BCUT2D eigenvalue weighted by Crippen LogP contribution is 2.26. The van der Waals surface area contributed by atoms with Crippen LogP contribution >= 0.6 is 0 Å². The van der Waals surface area contributed by atoms with Gasteiger partial charge in [-0.1, -0.05) is 32.9 Å². The van der Waals surface area contributed by atoms with E-state index in [1.54, 1.807) is 4.90 Å².